The van der Waals surface area contributed by atoms with Gasteiger partial charge in [0.25, 0.3) is 0 Å². The quantitative estimate of drug-likeness (QED) is 0.0976. The highest BCUT2D eigenvalue weighted by Crippen LogP contribution is 2.55. The minimum atomic E-state index is -1.12. The molecule has 0 radical (unpaired) electrons. The normalized spacial score (nSPS) is 10.8. The van der Waals surface area contributed by atoms with Crippen LogP contribution >= 0.6 is 0 Å². The molecule has 5 rings (SSSR count). The summed E-state index contributed by atoms with van der Waals surface area (Å²) in [5, 5.41) is 131. The molecule has 0 amide bonds. The van der Waals surface area contributed by atoms with Crippen LogP contribution in [0.15, 0.2) is 54.6 Å². The predicted molar refractivity (Wildman–Crippen MR) is 154 cm³/mol. The first-order valence-electron chi connectivity index (χ1n) is 12.7. The minimum absolute atomic E-state index is 0.403. The van der Waals surface area contributed by atoms with E-state index < -0.39 is 121 Å². The van der Waals surface area contributed by atoms with Crippen LogP contribution in [0.2, 0.25) is 0 Å². The number of rotatable bonds is 8. The average molecular weight is 654 g/mol. The van der Waals surface area contributed by atoms with Gasteiger partial charge in [0.15, 0.2) is 57.5 Å². The van der Waals surface area contributed by atoms with Crippen LogP contribution < -0.4 is 18.9 Å². The first kappa shape index (κ1) is 31.1. The molecule has 0 fully saturated rings. The number of hydrogen-bond donors (Lipinski definition) is 13. The summed E-state index contributed by atoms with van der Waals surface area (Å²) in [7, 11) is 0. The van der Waals surface area contributed by atoms with E-state index in [9.17, 15) is 66.4 Å². The third-order valence-electron chi connectivity index (χ3n) is 6.16. The van der Waals surface area contributed by atoms with Crippen molar-refractivity contribution in [1.82, 2.24) is 0 Å². The molecule has 5 aromatic rings. The van der Waals surface area contributed by atoms with Crippen LogP contribution in [0.25, 0.3) is 0 Å². The largest absolute Gasteiger partial charge is 0.508 e. The lowest BCUT2D eigenvalue weighted by molar-refractivity contribution is 0.322. The fourth-order valence-corrected chi connectivity index (χ4v) is 4.05. The number of hydrogen-bond acceptors (Lipinski definition) is 17. The van der Waals surface area contributed by atoms with E-state index in [0.29, 0.717) is 6.07 Å². The van der Waals surface area contributed by atoms with Crippen molar-refractivity contribution in [2.45, 2.75) is 0 Å². The molecule has 0 aromatic heterocycles. The van der Waals surface area contributed by atoms with Crippen molar-refractivity contribution in [3.05, 3.63) is 54.6 Å². The van der Waals surface area contributed by atoms with Crippen LogP contribution in [0.4, 0.5) is 0 Å². The van der Waals surface area contributed by atoms with Crippen molar-refractivity contribution in [1.29, 1.82) is 0 Å². The highest BCUT2D eigenvalue weighted by atomic mass is 16.5. The molecule has 0 heterocycles. The minimum Gasteiger partial charge on any atom is -0.508 e. The summed E-state index contributed by atoms with van der Waals surface area (Å²) in [5.74, 6) is -15.4. The molecular formula is C30H22O17. The van der Waals surface area contributed by atoms with E-state index in [-0.39, 0.29) is 0 Å². The highest BCUT2D eigenvalue weighted by Gasteiger charge is 2.26. The Morgan fingerprint density at radius 2 is 0.638 bits per heavy atom. The second kappa shape index (κ2) is 11.7. The molecule has 13 N–H and O–H groups in total. The summed E-state index contributed by atoms with van der Waals surface area (Å²) < 4.78 is 21.8. The summed E-state index contributed by atoms with van der Waals surface area (Å²) in [6.07, 6.45) is 0. The van der Waals surface area contributed by atoms with Gasteiger partial charge < -0.3 is 85.3 Å². The van der Waals surface area contributed by atoms with E-state index in [1.54, 1.807) is 0 Å². The molecule has 244 valence electrons. The van der Waals surface area contributed by atoms with Gasteiger partial charge in [-0.1, -0.05) is 0 Å². The van der Waals surface area contributed by atoms with Crippen LogP contribution in [0.5, 0.6) is 121 Å². The molecule has 0 saturated carbocycles. The van der Waals surface area contributed by atoms with E-state index in [1.807, 2.05) is 0 Å². The van der Waals surface area contributed by atoms with Gasteiger partial charge in [0.1, 0.15) is 23.0 Å². The van der Waals surface area contributed by atoms with E-state index >= 15 is 0 Å². The SMILES string of the molecule is Oc1cc(O)c(Oc2cc(O)cc(O)c2Oc2cc(O)c(Oc3cc(O)c(O)c(O)c3Oc3cc(O)c(O)c(O)c3)c(O)c2)c(O)c1. The summed E-state index contributed by atoms with van der Waals surface area (Å²) in [4.78, 5) is 0. The fraction of sp³-hybridized carbons (Fsp3) is 0. The first-order chi connectivity index (χ1) is 22.1. The van der Waals surface area contributed by atoms with Crippen LogP contribution in [0.3, 0.4) is 0 Å². The zero-order valence-corrected chi connectivity index (χ0v) is 23.1. The summed E-state index contributed by atoms with van der Waals surface area (Å²) in [6.45, 7) is 0. The van der Waals surface area contributed by atoms with Gasteiger partial charge in [-0.15, -0.1) is 0 Å². The van der Waals surface area contributed by atoms with E-state index in [2.05, 4.69) is 0 Å². The molecule has 0 aliphatic carbocycles. The van der Waals surface area contributed by atoms with E-state index in [1.165, 1.54) is 0 Å². The topological polar surface area (TPSA) is 300 Å². The zero-order valence-electron chi connectivity index (χ0n) is 23.1. The Labute approximate surface area is 260 Å². The highest BCUT2D eigenvalue weighted by molar-refractivity contribution is 5.68. The number of phenolic OH excluding ortho intramolecular Hbond substituents is 13. The smallest absolute Gasteiger partial charge is 0.215 e. The molecular weight excluding hydrogens is 632 g/mol. The summed E-state index contributed by atoms with van der Waals surface area (Å²) in [6, 6.07) is 7.42. The second-order valence-corrected chi connectivity index (χ2v) is 9.53. The second-order valence-electron chi connectivity index (χ2n) is 9.53. The Kier molecular flexibility index (Phi) is 7.72. The molecule has 0 aliphatic heterocycles. The molecule has 0 spiro atoms. The standard InChI is InChI=1S/C30H22O17/c31-10-1-17(36)27(18(37)2-10)46-22-4-11(32)3-19(38)29(22)44-13-7-20(39)28(21(40)8-13)47-23-9-16(35)25(42)26(43)30(23)45-12-5-14(33)24(41)15(34)6-12/h1-9,31-43H. The van der Waals surface area contributed by atoms with Crippen LogP contribution in [-0.4, -0.2) is 66.4 Å². The third kappa shape index (κ3) is 6.07. The predicted octanol–water partition coefficient (Wildman–Crippen LogP) is 5.03. The Morgan fingerprint density at radius 1 is 0.277 bits per heavy atom. The molecule has 0 aliphatic rings. The Bertz CT molecular complexity index is 1970. The Balaban J connectivity index is 1.49. The zero-order chi connectivity index (χ0) is 34.3. The van der Waals surface area contributed by atoms with E-state index in [4.69, 9.17) is 18.9 Å². The number of benzene rings is 5. The monoisotopic (exact) mass is 654 g/mol. The van der Waals surface area contributed by atoms with Gasteiger partial charge in [-0.25, -0.2) is 0 Å². The van der Waals surface area contributed by atoms with Crippen molar-refractivity contribution < 1.29 is 85.3 Å². The number of phenols is 13. The molecule has 0 saturated heterocycles. The van der Waals surface area contributed by atoms with Gasteiger partial charge in [-0.2, -0.15) is 0 Å². The average Bonchev–Trinajstić information content (AvgIpc) is 2.97. The first-order valence-corrected chi connectivity index (χ1v) is 12.7. The third-order valence-corrected chi connectivity index (χ3v) is 6.16. The molecule has 5 aromatic carbocycles. The van der Waals surface area contributed by atoms with Crippen LogP contribution in [0, 0.1) is 0 Å². The van der Waals surface area contributed by atoms with Crippen molar-refractivity contribution in [2.75, 3.05) is 0 Å². The summed E-state index contributed by atoms with van der Waals surface area (Å²) >= 11 is 0. The lowest BCUT2D eigenvalue weighted by Crippen LogP contribution is -1.95. The van der Waals surface area contributed by atoms with Gasteiger partial charge in [0.05, 0.1) is 0 Å². The molecule has 0 bridgehead atoms. The lowest BCUT2D eigenvalue weighted by atomic mass is 10.2. The van der Waals surface area contributed by atoms with Crippen molar-refractivity contribution >= 4 is 0 Å². The molecule has 47 heavy (non-hydrogen) atoms. The summed E-state index contributed by atoms with van der Waals surface area (Å²) in [5.41, 5.74) is 0. The van der Waals surface area contributed by atoms with Crippen LogP contribution in [-0.2, 0) is 0 Å². The van der Waals surface area contributed by atoms with Crippen molar-refractivity contribution in [3.63, 3.8) is 0 Å². The molecule has 17 heteroatoms. The van der Waals surface area contributed by atoms with Gasteiger partial charge in [-0.05, 0) is 0 Å². The maximum atomic E-state index is 10.7. The Morgan fingerprint density at radius 3 is 1.15 bits per heavy atom. The maximum Gasteiger partial charge on any atom is 0.215 e. The fourth-order valence-electron chi connectivity index (χ4n) is 4.05. The molecule has 17 nitrogen and oxygen atoms in total. The van der Waals surface area contributed by atoms with E-state index in [0.717, 1.165) is 48.5 Å². The van der Waals surface area contributed by atoms with Gasteiger partial charge >= 0.3 is 0 Å². The van der Waals surface area contributed by atoms with Crippen molar-refractivity contribution in [2.24, 2.45) is 0 Å². The van der Waals surface area contributed by atoms with Crippen molar-refractivity contribution in [3.8, 4) is 121 Å². The molecule has 0 atom stereocenters. The van der Waals surface area contributed by atoms with Crippen LogP contribution in [0.1, 0.15) is 0 Å². The van der Waals surface area contributed by atoms with Gasteiger partial charge in [0, 0.05) is 54.6 Å². The maximum absolute atomic E-state index is 10.7. The lowest BCUT2D eigenvalue weighted by Gasteiger charge is -2.18. The number of ether oxygens (including phenoxy) is 4. The molecule has 0 unspecified atom stereocenters. The Hall–Kier alpha value is -7.30. The number of aromatic hydroxyl groups is 13. The van der Waals surface area contributed by atoms with Gasteiger partial charge in [-0.3, -0.25) is 0 Å². The van der Waals surface area contributed by atoms with Gasteiger partial charge in [0.2, 0.25) is 40.2 Å².